The molecule has 0 saturated carbocycles. The zero-order chi connectivity index (χ0) is 12.1. The monoisotopic (exact) mass is 228 g/mol. The molecule has 2 heteroatoms. The molecular weight excluding hydrogens is 212 g/mol. The van der Waals surface area contributed by atoms with E-state index in [1.165, 1.54) is 0 Å². The fourth-order valence-corrected chi connectivity index (χ4v) is 1.96. The van der Waals surface area contributed by atoms with Crippen LogP contribution in [-0.2, 0) is 4.74 Å². The van der Waals surface area contributed by atoms with Gasteiger partial charge < -0.3 is 9.84 Å². The second-order valence-electron chi connectivity index (χ2n) is 3.86. The molecule has 2 nitrogen and oxygen atoms in total. The van der Waals surface area contributed by atoms with E-state index >= 15 is 0 Å². The molecule has 2 aromatic rings. The summed E-state index contributed by atoms with van der Waals surface area (Å²) in [6.45, 7) is -0.0135. The average Bonchev–Trinajstić information content (AvgIpc) is 2.42. The highest BCUT2D eigenvalue weighted by molar-refractivity contribution is 5.67. The highest BCUT2D eigenvalue weighted by Gasteiger charge is 2.13. The summed E-state index contributed by atoms with van der Waals surface area (Å²) in [6, 6.07) is 18.1. The van der Waals surface area contributed by atoms with Gasteiger partial charge in [0.25, 0.3) is 0 Å². The van der Waals surface area contributed by atoms with E-state index in [4.69, 9.17) is 4.74 Å². The molecule has 2 aromatic carbocycles. The zero-order valence-electron chi connectivity index (χ0n) is 9.84. The SMILES string of the molecule is COC(CO)c1ccccc1-c1ccccc1. The number of methoxy groups -OCH3 is 1. The van der Waals surface area contributed by atoms with Crippen molar-refractivity contribution >= 4 is 0 Å². The normalized spacial score (nSPS) is 12.4. The van der Waals surface area contributed by atoms with Crippen molar-refractivity contribution in [1.82, 2.24) is 0 Å². The second kappa shape index (κ2) is 5.62. The van der Waals surface area contributed by atoms with E-state index < -0.39 is 0 Å². The number of benzene rings is 2. The smallest absolute Gasteiger partial charge is 0.106 e. The highest BCUT2D eigenvalue weighted by Crippen LogP contribution is 2.29. The number of rotatable bonds is 4. The fourth-order valence-electron chi connectivity index (χ4n) is 1.96. The Kier molecular flexibility index (Phi) is 3.91. The predicted molar refractivity (Wildman–Crippen MR) is 68.7 cm³/mol. The van der Waals surface area contributed by atoms with Gasteiger partial charge in [0.15, 0.2) is 0 Å². The Balaban J connectivity index is 2.48. The molecule has 0 aliphatic heterocycles. The van der Waals surface area contributed by atoms with Gasteiger partial charge in [-0.25, -0.2) is 0 Å². The molecule has 1 unspecified atom stereocenters. The second-order valence-corrected chi connectivity index (χ2v) is 3.86. The van der Waals surface area contributed by atoms with E-state index in [0.29, 0.717) is 0 Å². The van der Waals surface area contributed by atoms with Crippen LogP contribution in [0.2, 0.25) is 0 Å². The van der Waals surface area contributed by atoms with Gasteiger partial charge in [0.1, 0.15) is 6.10 Å². The average molecular weight is 228 g/mol. The van der Waals surface area contributed by atoms with Crippen molar-refractivity contribution in [3.63, 3.8) is 0 Å². The molecule has 2 rings (SSSR count). The Bertz CT molecular complexity index is 461. The van der Waals surface area contributed by atoms with Crippen LogP contribution in [0.5, 0.6) is 0 Å². The van der Waals surface area contributed by atoms with Gasteiger partial charge in [-0.2, -0.15) is 0 Å². The highest BCUT2D eigenvalue weighted by atomic mass is 16.5. The molecule has 0 aromatic heterocycles. The minimum absolute atomic E-state index is 0.0135. The van der Waals surface area contributed by atoms with E-state index in [0.717, 1.165) is 16.7 Å². The Labute approximate surface area is 101 Å². The molecule has 17 heavy (non-hydrogen) atoms. The molecule has 0 fully saturated rings. The van der Waals surface area contributed by atoms with Crippen molar-refractivity contribution in [3.05, 3.63) is 60.2 Å². The molecule has 0 radical (unpaired) electrons. The summed E-state index contributed by atoms with van der Waals surface area (Å²) in [7, 11) is 1.61. The number of hydrogen-bond acceptors (Lipinski definition) is 2. The molecule has 0 amide bonds. The molecule has 0 bridgehead atoms. The molecule has 88 valence electrons. The van der Waals surface area contributed by atoms with Crippen molar-refractivity contribution in [1.29, 1.82) is 0 Å². The number of aliphatic hydroxyl groups is 1. The summed E-state index contributed by atoms with van der Waals surface area (Å²) in [5.41, 5.74) is 3.26. The summed E-state index contributed by atoms with van der Waals surface area (Å²) in [5, 5.41) is 9.33. The summed E-state index contributed by atoms with van der Waals surface area (Å²) in [6.07, 6.45) is -0.272. The first-order valence-electron chi connectivity index (χ1n) is 5.65. The van der Waals surface area contributed by atoms with Gasteiger partial charge in [-0.05, 0) is 16.7 Å². The molecular formula is C15H16O2. The van der Waals surface area contributed by atoms with Crippen LogP contribution >= 0.6 is 0 Å². The van der Waals surface area contributed by atoms with Crippen molar-refractivity contribution in [3.8, 4) is 11.1 Å². The Morgan fingerprint density at radius 1 is 1.00 bits per heavy atom. The Hall–Kier alpha value is -1.64. The first-order valence-corrected chi connectivity index (χ1v) is 5.65. The van der Waals surface area contributed by atoms with Gasteiger partial charge in [0.2, 0.25) is 0 Å². The predicted octanol–water partition coefficient (Wildman–Crippen LogP) is 3.03. The maximum Gasteiger partial charge on any atom is 0.106 e. The number of ether oxygens (including phenoxy) is 1. The van der Waals surface area contributed by atoms with Gasteiger partial charge in [-0.1, -0.05) is 54.6 Å². The third-order valence-electron chi connectivity index (χ3n) is 2.84. The third kappa shape index (κ3) is 2.54. The maximum absolute atomic E-state index is 9.33. The van der Waals surface area contributed by atoms with Crippen LogP contribution in [0.15, 0.2) is 54.6 Å². The standard InChI is InChI=1S/C15H16O2/c1-17-15(11-16)14-10-6-5-9-13(14)12-7-3-2-4-8-12/h2-10,15-16H,11H2,1H3. The van der Waals surface area contributed by atoms with Crippen LogP contribution in [-0.4, -0.2) is 18.8 Å². The van der Waals surface area contributed by atoms with E-state index in [-0.39, 0.29) is 12.7 Å². The van der Waals surface area contributed by atoms with Crippen LogP contribution in [0.25, 0.3) is 11.1 Å². The van der Waals surface area contributed by atoms with Gasteiger partial charge in [-0.3, -0.25) is 0 Å². The number of aliphatic hydroxyl groups excluding tert-OH is 1. The van der Waals surface area contributed by atoms with Crippen molar-refractivity contribution in [2.24, 2.45) is 0 Å². The molecule has 0 spiro atoms. The topological polar surface area (TPSA) is 29.5 Å². The Morgan fingerprint density at radius 2 is 1.65 bits per heavy atom. The minimum atomic E-state index is -0.272. The van der Waals surface area contributed by atoms with E-state index in [1.54, 1.807) is 7.11 Å². The van der Waals surface area contributed by atoms with Crippen LogP contribution in [0.4, 0.5) is 0 Å². The molecule has 0 saturated heterocycles. The molecule has 0 aliphatic carbocycles. The largest absolute Gasteiger partial charge is 0.393 e. The lowest BCUT2D eigenvalue weighted by Crippen LogP contribution is -2.07. The van der Waals surface area contributed by atoms with Crippen molar-refractivity contribution in [2.45, 2.75) is 6.10 Å². The maximum atomic E-state index is 9.33. The lowest BCUT2D eigenvalue weighted by atomic mass is 9.96. The molecule has 0 aliphatic rings. The van der Waals surface area contributed by atoms with Crippen LogP contribution in [0.1, 0.15) is 11.7 Å². The lowest BCUT2D eigenvalue weighted by molar-refractivity contribution is 0.0488. The lowest BCUT2D eigenvalue weighted by Gasteiger charge is -2.17. The first-order chi connectivity index (χ1) is 8.36. The van der Waals surface area contributed by atoms with Gasteiger partial charge >= 0.3 is 0 Å². The fraction of sp³-hybridized carbons (Fsp3) is 0.200. The van der Waals surface area contributed by atoms with E-state index in [1.807, 2.05) is 42.5 Å². The zero-order valence-corrected chi connectivity index (χ0v) is 9.84. The van der Waals surface area contributed by atoms with E-state index in [9.17, 15) is 5.11 Å². The van der Waals surface area contributed by atoms with Gasteiger partial charge in [0.05, 0.1) is 6.61 Å². The molecule has 1 N–H and O–H groups in total. The summed E-state index contributed by atoms with van der Waals surface area (Å²) >= 11 is 0. The first kappa shape index (κ1) is 11.8. The van der Waals surface area contributed by atoms with E-state index in [2.05, 4.69) is 12.1 Å². The third-order valence-corrected chi connectivity index (χ3v) is 2.84. The number of hydrogen-bond donors (Lipinski definition) is 1. The van der Waals surface area contributed by atoms with Gasteiger partial charge in [-0.15, -0.1) is 0 Å². The Morgan fingerprint density at radius 3 is 2.29 bits per heavy atom. The molecule has 1 atom stereocenters. The minimum Gasteiger partial charge on any atom is -0.393 e. The van der Waals surface area contributed by atoms with Crippen molar-refractivity contribution in [2.75, 3.05) is 13.7 Å². The summed E-state index contributed by atoms with van der Waals surface area (Å²) < 4.78 is 5.30. The van der Waals surface area contributed by atoms with Gasteiger partial charge in [0, 0.05) is 7.11 Å². The summed E-state index contributed by atoms with van der Waals surface area (Å²) in [5.74, 6) is 0. The quantitative estimate of drug-likeness (QED) is 0.871. The van der Waals surface area contributed by atoms with Crippen LogP contribution in [0.3, 0.4) is 0 Å². The summed E-state index contributed by atoms with van der Waals surface area (Å²) in [4.78, 5) is 0. The molecule has 0 heterocycles. The van der Waals surface area contributed by atoms with Crippen molar-refractivity contribution < 1.29 is 9.84 Å². The van der Waals surface area contributed by atoms with Crippen LogP contribution in [0, 0.1) is 0 Å². The van der Waals surface area contributed by atoms with Crippen LogP contribution < -0.4 is 0 Å².